The Hall–Kier alpha value is -2.16. The topological polar surface area (TPSA) is 63.5 Å². The number of benzene rings is 1. The number of nitrogens with zero attached hydrogens (tertiary/aromatic N) is 5. The van der Waals surface area contributed by atoms with Crippen molar-refractivity contribution in [3.63, 3.8) is 0 Å². The number of halogens is 1. The van der Waals surface area contributed by atoms with Crippen LogP contribution in [-0.2, 0) is 0 Å². The summed E-state index contributed by atoms with van der Waals surface area (Å²) in [5.41, 5.74) is 1.31. The van der Waals surface area contributed by atoms with Crippen LogP contribution in [-0.4, -0.2) is 58.4 Å². The first-order valence-electron chi connectivity index (χ1n) is 10.6. The van der Waals surface area contributed by atoms with Crippen LogP contribution in [0.5, 0.6) is 5.75 Å². The van der Waals surface area contributed by atoms with E-state index < -0.39 is 0 Å². The monoisotopic (exact) mass is 465 g/mol. The van der Waals surface area contributed by atoms with Crippen molar-refractivity contribution in [3.8, 4) is 5.75 Å². The van der Waals surface area contributed by atoms with Gasteiger partial charge in [0, 0.05) is 25.3 Å². The maximum Gasteiger partial charge on any atom is 0.280 e. The van der Waals surface area contributed by atoms with E-state index >= 15 is 0 Å². The van der Waals surface area contributed by atoms with Gasteiger partial charge in [-0.3, -0.25) is 14.4 Å². The SMILES string of the molecule is CCOc1ccc2nc(N(CCN(CC)CC)C(=O)c3ccn(C(C)C)n3)sc2c1.Cl. The third kappa shape index (κ3) is 5.96. The van der Waals surface area contributed by atoms with E-state index in [9.17, 15) is 4.79 Å². The molecule has 2 aromatic heterocycles. The Bertz CT molecular complexity index is 983. The summed E-state index contributed by atoms with van der Waals surface area (Å²) < 4.78 is 8.42. The minimum atomic E-state index is -0.120. The molecule has 0 aliphatic rings. The van der Waals surface area contributed by atoms with E-state index in [0.29, 0.717) is 24.0 Å². The van der Waals surface area contributed by atoms with Crippen LogP contribution in [0.3, 0.4) is 0 Å². The molecule has 9 heteroatoms. The highest BCUT2D eigenvalue weighted by Gasteiger charge is 2.24. The van der Waals surface area contributed by atoms with Gasteiger partial charge in [0.25, 0.3) is 5.91 Å². The van der Waals surface area contributed by atoms with E-state index in [4.69, 9.17) is 9.72 Å². The second-order valence-corrected chi connectivity index (χ2v) is 8.33. The fourth-order valence-electron chi connectivity index (χ4n) is 3.21. The molecule has 1 amide bonds. The van der Waals surface area contributed by atoms with E-state index in [0.717, 1.165) is 35.6 Å². The van der Waals surface area contributed by atoms with E-state index in [1.165, 1.54) is 11.3 Å². The number of rotatable bonds is 10. The first-order chi connectivity index (χ1) is 14.5. The van der Waals surface area contributed by atoms with Crippen molar-refractivity contribution in [2.45, 2.75) is 40.7 Å². The summed E-state index contributed by atoms with van der Waals surface area (Å²) in [6.07, 6.45) is 1.85. The predicted molar refractivity (Wildman–Crippen MR) is 130 cm³/mol. The molecule has 0 aliphatic carbocycles. The van der Waals surface area contributed by atoms with Crippen LogP contribution in [0.2, 0.25) is 0 Å². The lowest BCUT2D eigenvalue weighted by Gasteiger charge is -2.24. The molecule has 170 valence electrons. The Kier molecular flexibility index (Phi) is 9.28. The number of carbonyl (C=O) groups is 1. The summed E-state index contributed by atoms with van der Waals surface area (Å²) >= 11 is 1.51. The van der Waals surface area contributed by atoms with Gasteiger partial charge in [0.15, 0.2) is 10.8 Å². The van der Waals surface area contributed by atoms with Crippen molar-refractivity contribution in [1.29, 1.82) is 0 Å². The summed E-state index contributed by atoms with van der Waals surface area (Å²) in [6.45, 7) is 14.2. The van der Waals surface area contributed by atoms with Crippen molar-refractivity contribution in [3.05, 3.63) is 36.2 Å². The number of thiazole rings is 1. The van der Waals surface area contributed by atoms with Crippen molar-refractivity contribution in [2.75, 3.05) is 37.7 Å². The Morgan fingerprint density at radius 3 is 2.52 bits per heavy atom. The molecule has 7 nitrogen and oxygen atoms in total. The number of amides is 1. The van der Waals surface area contributed by atoms with Crippen LogP contribution in [0, 0.1) is 0 Å². The number of fused-ring (bicyclic) bond motifs is 1. The van der Waals surface area contributed by atoms with Gasteiger partial charge < -0.3 is 9.64 Å². The Labute approximate surface area is 194 Å². The summed E-state index contributed by atoms with van der Waals surface area (Å²) in [6, 6.07) is 7.84. The second kappa shape index (κ2) is 11.5. The molecule has 0 bridgehead atoms. The van der Waals surface area contributed by atoms with Crippen molar-refractivity contribution in [2.24, 2.45) is 0 Å². The molecule has 0 atom stereocenters. The van der Waals surface area contributed by atoms with Gasteiger partial charge in [-0.15, -0.1) is 12.4 Å². The standard InChI is InChI=1S/C22H31N5O2S.ClH/c1-6-25(7-2)13-14-26(21(28)19-11-12-27(24-19)16(4)5)22-23-18-10-9-17(29-8-3)15-20(18)30-22;/h9-12,15-16H,6-8,13-14H2,1-5H3;1H. The zero-order chi connectivity index (χ0) is 21.7. The molecule has 0 spiro atoms. The highest BCUT2D eigenvalue weighted by Crippen LogP contribution is 2.32. The van der Waals surface area contributed by atoms with Crippen molar-refractivity contribution in [1.82, 2.24) is 19.7 Å². The Balaban J connectivity index is 0.00000341. The molecule has 0 saturated heterocycles. The molecule has 0 N–H and O–H groups in total. The largest absolute Gasteiger partial charge is 0.494 e. The highest BCUT2D eigenvalue weighted by atomic mass is 35.5. The molecule has 0 radical (unpaired) electrons. The molecule has 0 saturated carbocycles. The summed E-state index contributed by atoms with van der Waals surface area (Å²) in [7, 11) is 0. The molecule has 2 heterocycles. The van der Waals surface area contributed by atoms with E-state index in [1.54, 1.807) is 11.0 Å². The van der Waals surface area contributed by atoms with Gasteiger partial charge in [0.1, 0.15) is 5.75 Å². The van der Waals surface area contributed by atoms with Gasteiger partial charge in [-0.25, -0.2) is 4.98 Å². The van der Waals surface area contributed by atoms with E-state index in [-0.39, 0.29) is 24.4 Å². The molecule has 0 aliphatic heterocycles. The number of aromatic nitrogens is 3. The maximum atomic E-state index is 13.4. The lowest BCUT2D eigenvalue weighted by molar-refractivity contribution is 0.0978. The predicted octanol–water partition coefficient (Wildman–Crippen LogP) is 4.88. The number of anilines is 1. The maximum absolute atomic E-state index is 13.4. The lowest BCUT2D eigenvalue weighted by Crippen LogP contribution is -2.39. The molecule has 31 heavy (non-hydrogen) atoms. The third-order valence-corrected chi connectivity index (χ3v) is 6.07. The summed E-state index contributed by atoms with van der Waals surface area (Å²) in [5, 5.41) is 5.17. The first-order valence-corrected chi connectivity index (χ1v) is 11.4. The number of carbonyl (C=O) groups excluding carboxylic acids is 1. The Morgan fingerprint density at radius 2 is 1.90 bits per heavy atom. The molecule has 1 aromatic carbocycles. The van der Waals surface area contributed by atoms with Crippen LogP contribution in [0.15, 0.2) is 30.5 Å². The molecular weight excluding hydrogens is 434 g/mol. The number of hydrogen-bond donors (Lipinski definition) is 0. The quantitative estimate of drug-likeness (QED) is 0.427. The minimum absolute atomic E-state index is 0. The van der Waals surface area contributed by atoms with Crippen LogP contribution >= 0.6 is 23.7 Å². The van der Waals surface area contributed by atoms with Gasteiger partial charge in [-0.1, -0.05) is 25.2 Å². The summed E-state index contributed by atoms with van der Waals surface area (Å²) in [5.74, 6) is 0.697. The number of likely N-dealkylation sites (N-methyl/N-ethyl adjacent to an activating group) is 1. The number of hydrogen-bond acceptors (Lipinski definition) is 6. The van der Waals surface area contributed by atoms with Gasteiger partial charge in [0.05, 0.1) is 16.8 Å². The molecule has 0 fully saturated rings. The van der Waals surface area contributed by atoms with Gasteiger partial charge in [0.2, 0.25) is 0 Å². The average molecular weight is 466 g/mol. The second-order valence-electron chi connectivity index (χ2n) is 7.32. The fraction of sp³-hybridized carbons (Fsp3) is 0.500. The molecule has 3 aromatic rings. The molecular formula is C22H32ClN5O2S. The van der Waals surface area contributed by atoms with E-state index in [1.807, 2.05) is 49.8 Å². The van der Waals surface area contributed by atoms with Gasteiger partial charge in [-0.2, -0.15) is 5.10 Å². The van der Waals surface area contributed by atoms with Gasteiger partial charge in [-0.05, 0) is 58.1 Å². The van der Waals surface area contributed by atoms with Crippen LogP contribution in [0.25, 0.3) is 10.2 Å². The molecule has 0 unspecified atom stereocenters. The first kappa shape index (κ1) is 25.1. The number of ether oxygens (including phenoxy) is 1. The van der Waals surface area contributed by atoms with E-state index in [2.05, 4.69) is 23.8 Å². The molecule has 3 rings (SSSR count). The minimum Gasteiger partial charge on any atom is -0.494 e. The zero-order valence-electron chi connectivity index (χ0n) is 18.9. The van der Waals surface area contributed by atoms with Crippen LogP contribution in [0.1, 0.15) is 51.1 Å². The lowest BCUT2D eigenvalue weighted by atomic mass is 10.3. The Morgan fingerprint density at radius 1 is 1.16 bits per heavy atom. The van der Waals surface area contributed by atoms with Crippen molar-refractivity contribution >= 4 is 45.0 Å². The highest BCUT2D eigenvalue weighted by molar-refractivity contribution is 7.22. The van der Waals surface area contributed by atoms with Gasteiger partial charge >= 0.3 is 0 Å². The van der Waals surface area contributed by atoms with Crippen LogP contribution in [0.4, 0.5) is 5.13 Å². The van der Waals surface area contributed by atoms with Crippen LogP contribution < -0.4 is 9.64 Å². The smallest absolute Gasteiger partial charge is 0.280 e. The third-order valence-electron chi connectivity index (χ3n) is 5.03. The summed E-state index contributed by atoms with van der Waals surface area (Å²) in [4.78, 5) is 22.2. The van der Waals surface area contributed by atoms with Crippen molar-refractivity contribution < 1.29 is 9.53 Å². The normalized spacial score (nSPS) is 11.2. The average Bonchev–Trinajstić information content (AvgIpc) is 3.38. The zero-order valence-corrected chi connectivity index (χ0v) is 20.5. The fourth-order valence-corrected chi connectivity index (χ4v) is 4.23.